The Labute approximate surface area is 371 Å². The predicted molar refractivity (Wildman–Crippen MR) is 236 cm³/mol. The third kappa shape index (κ3) is 15.3. The molecule has 5 rings (SSSR count). The molecule has 63 heavy (non-hydrogen) atoms. The summed E-state index contributed by atoms with van der Waals surface area (Å²) in [7, 11) is 0. The van der Waals surface area contributed by atoms with Gasteiger partial charge in [-0.3, -0.25) is 24.0 Å². The van der Waals surface area contributed by atoms with E-state index in [1.54, 1.807) is 74.2 Å². The van der Waals surface area contributed by atoms with Crippen molar-refractivity contribution in [2.45, 2.75) is 129 Å². The fraction of sp³-hybridized carbons (Fsp3) is 0.596. The lowest BCUT2D eigenvalue weighted by Gasteiger charge is -2.54. The fourth-order valence-corrected chi connectivity index (χ4v) is 8.27. The van der Waals surface area contributed by atoms with Crippen LogP contribution in [0.15, 0.2) is 60.7 Å². The number of carboxylic acid groups (broad SMARTS) is 1. The number of carbonyl (C=O) groups excluding carboxylic acids is 6. The lowest BCUT2D eigenvalue weighted by Crippen LogP contribution is -2.65. The number of likely N-dealkylation sites (tertiary alicyclic amines) is 2. The van der Waals surface area contributed by atoms with Gasteiger partial charge in [-0.1, -0.05) is 74.5 Å². The van der Waals surface area contributed by atoms with Gasteiger partial charge in [0.15, 0.2) is 0 Å². The van der Waals surface area contributed by atoms with Gasteiger partial charge in [0.05, 0.1) is 0 Å². The molecule has 0 aromatic heterocycles. The van der Waals surface area contributed by atoms with E-state index in [-0.39, 0.29) is 54.7 Å². The molecule has 3 fully saturated rings. The number of carbonyl (C=O) groups is 7. The van der Waals surface area contributed by atoms with Crippen LogP contribution in [-0.2, 0) is 41.6 Å². The molecule has 2 aliphatic heterocycles. The van der Waals surface area contributed by atoms with Crippen LogP contribution >= 0.6 is 0 Å². The summed E-state index contributed by atoms with van der Waals surface area (Å²) in [6.07, 6.45) is 3.21. The van der Waals surface area contributed by atoms with E-state index in [0.29, 0.717) is 51.1 Å². The van der Waals surface area contributed by atoms with Crippen LogP contribution in [0, 0.1) is 17.3 Å². The van der Waals surface area contributed by atoms with Gasteiger partial charge in [0, 0.05) is 56.9 Å². The summed E-state index contributed by atoms with van der Waals surface area (Å²) >= 11 is 0. The second-order valence-electron chi connectivity index (χ2n) is 18.9. The van der Waals surface area contributed by atoms with Crippen molar-refractivity contribution >= 4 is 41.7 Å². The highest BCUT2D eigenvalue weighted by atomic mass is 16.6. The second kappa shape index (κ2) is 22.1. The molecule has 16 heteroatoms. The number of nitrogens with zero attached hydrogens (tertiary/aromatic N) is 2. The Balaban J connectivity index is 1.28. The van der Waals surface area contributed by atoms with Crippen LogP contribution in [0.25, 0.3) is 0 Å². The summed E-state index contributed by atoms with van der Waals surface area (Å²) in [6.45, 7) is 11.9. The van der Waals surface area contributed by atoms with Gasteiger partial charge in [0.25, 0.3) is 0 Å². The van der Waals surface area contributed by atoms with Gasteiger partial charge >= 0.3 is 12.2 Å². The van der Waals surface area contributed by atoms with Crippen LogP contribution in [0.3, 0.4) is 0 Å². The van der Waals surface area contributed by atoms with E-state index < -0.39 is 59.7 Å². The summed E-state index contributed by atoms with van der Waals surface area (Å²) in [5.74, 6) is -1.79. The summed E-state index contributed by atoms with van der Waals surface area (Å²) < 4.78 is 5.34. The maximum Gasteiger partial charge on any atom is 0.407 e. The van der Waals surface area contributed by atoms with Crippen LogP contribution in [0.2, 0.25) is 0 Å². The molecule has 0 radical (unpaired) electrons. The van der Waals surface area contributed by atoms with Crippen molar-refractivity contribution in [1.29, 1.82) is 0 Å². The number of ether oxygens (including phenoxy) is 1. The van der Waals surface area contributed by atoms with Crippen LogP contribution < -0.4 is 26.6 Å². The fourth-order valence-electron chi connectivity index (χ4n) is 8.27. The molecule has 4 atom stereocenters. The van der Waals surface area contributed by atoms with E-state index in [0.717, 1.165) is 31.2 Å². The molecule has 1 spiro atoms. The Hall–Kier alpha value is -5.67. The van der Waals surface area contributed by atoms with Crippen molar-refractivity contribution in [1.82, 2.24) is 36.4 Å². The van der Waals surface area contributed by atoms with E-state index in [1.807, 2.05) is 30.9 Å². The van der Waals surface area contributed by atoms with Crippen molar-refractivity contribution in [2.75, 3.05) is 32.7 Å². The first-order chi connectivity index (χ1) is 29.9. The summed E-state index contributed by atoms with van der Waals surface area (Å²) in [5.41, 5.74) is 0.718. The second-order valence-corrected chi connectivity index (χ2v) is 18.9. The van der Waals surface area contributed by atoms with E-state index >= 15 is 0 Å². The lowest BCUT2D eigenvalue weighted by atomic mass is 9.71. The molecular formula is C47H67N7O9. The third-order valence-electron chi connectivity index (χ3n) is 11.8. The van der Waals surface area contributed by atoms with Crippen molar-refractivity contribution in [3.05, 3.63) is 71.8 Å². The van der Waals surface area contributed by atoms with E-state index in [4.69, 9.17) is 4.74 Å². The Bertz CT molecular complexity index is 1880. The molecule has 0 unspecified atom stereocenters. The molecule has 3 aliphatic rings. The highest BCUT2D eigenvalue weighted by molar-refractivity contribution is 5.95. The zero-order valence-electron chi connectivity index (χ0n) is 37.5. The van der Waals surface area contributed by atoms with Crippen LogP contribution in [0.4, 0.5) is 9.59 Å². The van der Waals surface area contributed by atoms with Gasteiger partial charge in [-0.25, -0.2) is 9.59 Å². The minimum absolute atomic E-state index is 0.0419. The standard InChI is InChI=1S/C47H67N7O9/c1-31(2)26-36(50-40(56)37(27-32-14-8-6-9-15-32)51-41(57)38(52-44(60)61)28-33-16-10-7-11-17-33)39(55)49-35(18-12-13-23-48-45(62)63-46(3,4)5)43(59)54-29-47(30-54)21-24-53(25-22-47)42(58)34-19-20-34/h6-11,14-17,31,34-38,52H,12-13,18-30H2,1-5H3,(H,48,62)(H,49,55)(H,50,56)(H,51,57)(H,60,61)/t35-,36-,37-,38-/m1/s1. The number of hydrogen-bond donors (Lipinski definition) is 6. The van der Waals surface area contributed by atoms with Crippen LogP contribution in [0.1, 0.15) is 97.1 Å². The summed E-state index contributed by atoms with van der Waals surface area (Å²) in [6, 6.07) is 13.6. The number of piperidine rings is 1. The first kappa shape index (κ1) is 48.4. The molecule has 2 aromatic carbocycles. The first-order valence-corrected chi connectivity index (χ1v) is 22.4. The molecule has 1 aliphatic carbocycles. The number of rotatable bonds is 20. The van der Waals surface area contributed by atoms with Crippen molar-refractivity contribution in [3.63, 3.8) is 0 Å². The van der Waals surface area contributed by atoms with Gasteiger partial charge < -0.3 is 46.2 Å². The largest absolute Gasteiger partial charge is 0.465 e. The predicted octanol–water partition coefficient (Wildman–Crippen LogP) is 4.16. The van der Waals surface area contributed by atoms with Crippen molar-refractivity contribution in [3.8, 4) is 0 Å². The minimum atomic E-state index is -1.40. The maximum atomic E-state index is 14.3. The molecule has 2 saturated heterocycles. The zero-order chi connectivity index (χ0) is 45.7. The zero-order valence-corrected chi connectivity index (χ0v) is 37.5. The molecule has 344 valence electrons. The molecule has 2 heterocycles. The average Bonchev–Trinajstić information content (AvgIpc) is 4.07. The molecule has 6 N–H and O–H groups in total. The smallest absolute Gasteiger partial charge is 0.407 e. The monoisotopic (exact) mass is 874 g/mol. The van der Waals surface area contributed by atoms with Crippen LogP contribution in [0.5, 0.6) is 0 Å². The molecule has 2 aromatic rings. The molecule has 0 bridgehead atoms. The van der Waals surface area contributed by atoms with Gasteiger partial charge in [-0.2, -0.15) is 0 Å². The number of nitrogens with one attached hydrogen (secondary N) is 5. The highest BCUT2D eigenvalue weighted by Crippen LogP contribution is 2.42. The Morgan fingerprint density at radius 1 is 0.714 bits per heavy atom. The molecule has 1 saturated carbocycles. The third-order valence-corrected chi connectivity index (χ3v) is 11.8. The number of unbranched alkanes of at least 4 members (excludes halogenated alkanes) is 1. The summed E-state index contributed by atoms with van der Waals surface area (Å²) in [4.78, 5) is 96.9. The lowest BCUT2D eigenvalue weighted by molar-refractivity contribution is -0.153. The first-order valence-electron chi connectivity index (χ1n) is 22.4. The topological polar surface area (TPSA) is 216 Å². The SMILES string of the molecule is CC(C)C[C@@H](NC(=O)[C@@H](Cc1ccccc1)NC(=O)[C@@H](Cc1ccccc1)NC(=O)O)C(=O)N[C@H](CCCCNC(=O)OC(C)(C)C)C(=O)N1CC2(CCN(C(=O)C3CC3)CC2)C1. The molecule has 16 nitrogen and oxygen atoms in total. The number of hydrogen-bond acceptors (Lipinski definition) is 8. The number of amides is 7. The van der Waals surface area contributed by atoms with Crippen LogP contribution in [-0.4, -0.2) is 119 Å². The van der Waals surface area contributed by atoms with Gasteiger partial charge in [-0.15, -0.1) is 0 Å². The molecule has 7 amide bonds. The minimum Gasteiger partial charge on any atom is -0.465 e. The van der Waals surface area contributed by atoms with Gasteiger partial charge in [0.1, 0.15) is 29.8 Å². The number of alkyl carbamates (subject to hydrolysis) is 1. The summed E-state index contributed by atoms with van der Waals surface area (Å²) in [5, 5.41) is 23.2. The van der Waals surface area contributed by atoms with E-state index in [2.05, 4.69) is 26.6 Å². The van der Waals surface area contributed by atoms with Crippen molar-refractivity contribution in [2.24, 2.45) is 17.3 Å². The highest BCUT2D eigenvalue weighted by Gasteiger charge is 2.49. The van der Waals surface area contributed by atoms with E-state index in [1.165, 1.54) is 0 Å². The Kier molecular flexibility index (Phi) is 17.0. The van der Waals surface area contributed by atoms with Gasteiger partial charge in [0.2, 0.25) is 29.5 Å². The number of benzene rings is 2. The van der Waals surface area contributed by atoms with Gasteiger partial charge in [-0.05, 0) is 89.2 Å². The maximum absolute atomic E-state index is 14.3. The average molecular weight is 874 g/mol. The molecular weight excluding hydrogens is 807 g/mol. The quantitative estimate of drug-likeness (QED) is 0.105. The van der Waals surface area contributed by atoms with Crippen molar-refractivity contribution < 1.29 is 43.4 Å². The Morgan fingerprint density at radius 3 is 1.73 bits per heavy atom. The van der Waals surface area contributed by atoms with E-state index in [9.17, 15) is 38.7 Å². The Morgan fingerprint density at radius 2 is 1.22 bits per heavy atom. The normalized spacial score (nSPS) is 17.6.